The van der Waals surface area contributed by atoms with Crippen molar-refractivity contribution in [1.29, 1.82) is 0 Å². The van der Waals surface area contributed by atoms with E-state index in [1.54, 1.807) is 30.3 Å². The number of carbonyl (C=O) groups is 3. The smallest absolute Gasteiger partial charge is 0.339 e. The molecule has 0 aliphatic heterocycles. The van der Waals surface area contributed by atoms with E-state index >= 15 is 0 Å². The van der Waals surface area contributed by atoms with Crippen LogP contribution in [0.25, 0.3) is 41.7 Å². The molecular formula is C31H20ClNO5S. The van der Waals surface area contributed by atoms with E-state index in [0.717, 1.165) is 41.7 Å². The number of methoxy groups -OCH3 is 2. The molecule has 1 aromatic heterocycles. The molecule has 1 heterocycles. The van der Waals surface area contributed by atoms with Gasteiger partial charge in [0.1, 0.15) is 0 Å². The van der Waals surface area contributed by atoms with Crippen LogP contribution in [-0.2, 0) is 9.47 Å². The summed E-state index contributed by atoms with van der Waals surface area (Å²) >= 11 is 7.76. The van der Waals surface area contributed by atoms with Gasteiger partial charge < -0.3 is 14.8 Å². The Labute approximate surface area is 231 Å². The van der Waals surface area contributed by atoms with Gasteiger partial charge in [0.2, 0.25) is 0 Å². The number of rotatable bonds is 4. The third-order valence-electron chi connectivity index (χ3n) is 6.72. The van der Waals surface area contributed by atoms with Gasteiger partial charge in [0.15, 0.2) is 0 Å². The fourth-order valence-corrected chi connectivity index (χ4v) is 6.22. The molecule has 0 atom stereocenters. The van der Waals surface area contributed by atoms with Gasteiger partial charge in [0, 0.05) is 25.7 Å². The van der Waals surface area contributed by atoms with E-state index in [0.29, 0.717) is 11.3 Å². The molecule has 6 rings (SSSR count). The number of esters is 2. The quantitative estimate of drug-likeness (QED) is 0.178. The molecule has 1 amide bonds. The molecule has 6 nitrogen and oxygen atoms in total. The van der Waals surface area contributed by atoms with Crippen molar-refractivity contribution in [1.82, 2.24) is 0 Å². The minimum atomic E-state index is -0.598. The number of hydrogen-bond donors (Lipinski definition) is 1. The predicted molar refractivity (Wildman–Crippen MR) is 156 cm³/mol. The van der Waals surface area contributed by atoms with E-state index < -0.39 is 11.9 Å². The minimum absolute atomic E-state index is 0.194. The number of fused-ring (bicyclic) bond motifs is 5. The molecule has 0 aliphatic rings. The lowest BCUT2D eigenvalue weighted by Gasteiger charge is -2.11. The second-order valence-corrected chi connectivity index (χ2v) is 10.5. The van der Waals surface area contributed by atoms with E-state index in [9.17, 15) is 14.4 Å². The maximum Gasteiger partial charge on any atom is 0.339 e. The van der Waals surface area contributed by atoms with E-state index in [4.69, 9.17) is 21.1 Å². The number of hydrogen-bond acceptors (Lipinski definition) is 6. The Balaban J connectivity index is 1.43. The lowest BCUT2D eigenvalue weighted by atomic mass is 10.0. The summed E-state index contributed by atoms with van der Waals surface area (Å²) in [5.74, 6) is -1.51. The molecule has 5 aromatic carbocycles. The molecule has 0 unspecified atom stereocenters. The molecule has 8 heteroatoms. The highest BCUT2D eigenvalue weighted by molar-refractivity contribution is 7.25. The van der Waals surface area contributed by atoms with Gasteiger partial charge in [-0.25, -0.2) is 9.59 Å². The Hall–Kier alpha value is -4.46. The Morgan fingerprint density at radius 1 is 0.692 bits per heavy atom. The van der Waals surface area contributed by atoms with Crippen LogP contribution in [0.15, 0.2) is 78.9 Å². The Morgan fingerprint density at radius 3 is 1.97 bits per heavy atom. The van der Waals surface area contributed by atoms with Gasteiger partial charge in [-0.2, -0.15) is 0 Å². The van der Waals surface area contributed by atoms with Crippen molar-refractivity contribution >= 4 is 88.2 Å². The van der Waals surface area contributed by atoms with Crippen LogP contribution in [0.3, 0.4) is 0 Å². The van der Waals surface area contributed by atoms with Gasteiger partial charge in [-0.3, -0.25) is 4.79 Å². The summed E-state index contributed by atoms with van der Waals surface area (Å²) in [5, 5.41) is 8.81. The van der Waals surface area contributed by atoms with Crippen molar-refractivity contribution in [3.8, 4) is 0 Å². The number of ether oxygens (including phenoxy) is 2. The lowest BCUT2D eigenvalue weighted by molar-refractivity contribution is 0.0592. The summed E-state index contributed by atoms with van der Waals surface area (Å²) in [6, 6.07) is 24.5. The van der Waals surface area contributed by atoms with Gasteiger partial charge in [-0.15, -0.1) is 11.3 Å². The number of nitrogens with one attached hydrogen (secondary N) is 1. The average molecular weight is 554 g/mol. The first-order chi connectivity index (χ1) is 18.9. The van der Waals surface area contributed by atoms with Crippen LogP contribution in [0.4, 0.5) is 5.69 Å². The van der Waals surface area contributed by atoms with Crippen LogP contribution < -0.4 is 5.32 Å². The zero-order valence-electron chi connectivity index (χ0n) is 20.8. The third kappa shape index (κ3) is 4.35. The Morgan fingerprint density at radius 2 is 1.28 bits per heavy atom. The topological polar surface area (TPSA) is 81.7 Å². The molecule has 1 N–H and O–H groups in total. The Kier molecular flexibility index (Phi) is 6.17. The molecular weight excluding hydrogens is 534 g/mol. The van der Waals surface area contributed by atoms with Crippen LogP contribution in [0.5, 0.6) is 0 Å². The third-order valence-corrected chi connectivity index (χ3v) is 8.15. The minimum Gasteiger partial charge on any atom is -0.465 e. The number of benzene rings is 5. The molecule has 0 spiro atoms. The second-order valence-electron chi connectivity index (χ2n) is 9.02. The average Bonchev–Trinajstić information content (AvgIpc) is 3.29. The first-order valence-electron chi connectivity index (χ1n) is 12.0. The number of carbonyl (C=O) groups excluding carboxylic acids is 3. The summed E-state index contributed by atoms with van der Waals surface area (Å²) in [4.78, 5) is 38.3. The monoisotopic (exact) mass is 553 g/mol. The normalized spacial score (nSPS) is 11.3. The summed E-state index contributed by atoms with van der Waals surface area (Å²) in [6.45, 7) is 0. The maximum atomic E-state index is 13.4. The standard InChI is InChI=1S/C31H20ClNO5S/c1-37-30(35)23-12-21-22-13-24(31(36)38-2)26(15-28(22)39-27(21)14-25(23)32)33-29(34)19-8-7-18-9-16-5-3-4-6-17(16)10-20(18)11-19/h3-15H,1-2H3,(H,33,34). The van der Waals surface area contributed by atoms with Gasteiger partial charge in [0.25, 0.3) is 5.91 Å². The number of anilines is 1. The van der Waals surface area contributed by atoms with Crippen molar-refractivity contribution in [2.75, 3.05) is 19.5 Å². The molecule has 0 radical (unpaired) electrons. The van der Waals surface area contributed by atoms with Crippen molar-refractivity contribution in [2.24, 2.45) is 0 Å². The van der Waals surface area contributed by atoms with Crippen LogP contribution in [0.2, 0.25) is 5.02 Å². The zero-order valence-corrected chi connectivity index (χ0v) is 22.4. The molecule has 0 fully saturated rings. The van der Waals surface area contributed by atoms with Crippen molar-refractivity contribution < 1.29 is 23.9 Å². The first kappa shape index (κ1) is 24.9. The zero-order chi connectivity index (χ0) is 27.3. The van der Waals surface area contributed by atoms with Crippen molar-refractivity contribution in [2.45, 2.75) is 0 Å². The fraction of sp³-hybridized carbons (Fsp3) is 0.0645. The number of amides is 1. The molecule has 6 aromatic rings. The molecule has 39 heavy (non-hydrogen) atoms. The maximum absolute atomic E-state index is 13.4. The SMILES string of the molecule is COC(=O)c1cc2c(cc1Cl)sc1cc(NC(=O)c3ccc4cc5ccccc5cc4c3)c(C(=O)OC)cc12. The van der Waals surface area contributed by atoms with Crippen LogP contribution in [-0.4, -0.2) is 32.1 Å². The van der Waals surface area contributed by atoms with E-state index in [-0.39, 0.29) is 22.1 Å². The van der Waals surface area contributed by atoms with E-state index in [1.807, 2.05) is 30.3 Å². The van der Waals surface area contributed by atoms with E-state index in [2.05, 4.69) is 23.5 Å². The summed E-state index contributed by atoms with van der Waals surface area (Å²) in [7, 11) is 2.57. The summed E-state index contributed by atoms with van der Waals surface area (Å²) < 4.78 is 11.5. The molecule has 0 bridgehead atoms. The van der Waals surface area contributed by atoms with Gasteiger partial charge in [0.05, 0.1) is 36.1 Å². The highest BCUT2D eigenvalue weighted by Crippen LogP contribution is 2.40. The Bertz CT molecular complexity index is 1990. The molecule has 0 saturated heterocycles. The number of thiophene rings is 1. The number of halogens is 1. The summed E-state index contributed by atoms with van der Waals surface area (Å²) in [6.07, 6.45) is 0. The molecule has 0 saturated carbocycles. The largest absolute Gasteiger partial charge is 0.465 e. The van der Waals surface area contributed by atoms with Crippen molar-refractivity contribution in [3.05, 3.63) is 101 Å². The highest BCUT2D eigenvalue weighted by Gasteiger charge is 2.21. The second kappa shape index (κ2) is 9.69. The van der Waals surface area contributed by atoms with Crippen molar-refractivity contribution in [3.63, 3.8) is 0 Å². The highest BCUT2D eigenvalue weighted by atomic mass is 35.5. The lowest BCUT2D eigenvalue weighted by Crippen LogP contribution is -2.15. The van der Waals surface area contributed by atoms with Gasteiger partial charge in [-0.05, 0) is 70.1 Å². The van der Waals surface area contributed by atoms with Crippen LogP contribution >= 0.6 is 22.9 Å². The van der Waals surface area contributed by atoms with Gasteiger partial charge >= 0.3 is 11.9 Å². The van der Waals surface area contributed by atoms with Crippen LogP contribution in [0.1, 0.15) is 31.1 Å². The summed E-state index contributed by atoms with van der Waals surface area (Å²) in [5.41, 5.74) is 1.20. The van der Waals surface area contributed by atoms with Gasteiger partial charge in [-0.1, -0.05) is 41.9 Å². The first-order valence-corrected chi connectivity index (χ1v) is 13.2. The fourth-order valence-electron chi connectivity index (χ4n) is 4.77. The van der Waals surface area contributed by atoms with E-state index in [1.165, 1.54) is 25.6 Å². The molecule has 0 aliphatic carbocycles. The predicted octanol–water partition coefficient (Wildman–Crippen LogP) is 7.84. The van der Waals surface area contributed by atoms with Crippen LogP contribution in [0, 0.1) is 0 Å². The molecule has 192 valence electrons.